The number of rotatable bonds is 0. The number of carbonyl (C=O) groups is 1. The van der Waals surface area contributed by atoms with E-state index in [0.29, 0.717) is 12.4 Å². The molecule has 2 rings (SSSR count). The van der Waals surface area contributed by atoms with Gasteiger partial charge in [0.05, 0.1) is 17.8 Å². The molecule has 1 aromatic heterocycles. The van der Waals surface area contributed by atoms with Gasteiger partial charge in [0.25, 0.3) is 0 Å². The van der Waals surface area contributed by atoms with Crippen LogP contribution in [0.5, 0.6) is 0 Å². The summed E-state index contributed by atoms with van der Waals surface area (Å²) in [6.07, 6.45) is 0. The van der Waals surface area contributed by atoms with Gasteiger partial charge in [-0.3, -0.25) is 9.89 Å². The molecule has 3 N–H and O–H groups in total. The van der Waals surface area contributed by atoms with Crippen molar-refractivity contribution >= 4 is 11.7 Å². The second-order valence-corrected chi connectivity index (χ2v) is 4.13. The number of hydrogen-bond donors (Lipinski definition) is 2. The lowest BCUT2D eigenvalue weighted by Gasteiger charge is -2.30. The molecule has 76 valence electrons. The lowest BCUT2D eigenvalue weighted by Crippen LogP contribution is -2.39. The maximum absolute atomic E-state index is 11.4. The van der Waals surface area contributed by atoms with Crippen molar-refractivity contribution in [2.24, 2.45) is 0 Å². The number of nitrogens with zero attached hydrogens (tertiary/aromatic N) is 2. The molecule has 1 aliphatic rings. The molecule has 1 aliphatic heterocycles. The summed E-state index contributed by atoms with van der Waals surface area (Å²) in [7, 11) is 0. The minimum atomic E-state index is -0.352. The average molecular weight is 194 g/mol. The molecular formula is C9H14N4O. The summed E-state index contributed by atoms with van der Waals surface area (Å²) in [5, 5.41) is 6.88. The fourth-order valence-electron chi connectivity index (χ4n) is 2.03. The van der Waals surface area contributed by atoms with Crippen LogP contribution in [-0.2, 0) is 16.9 Å². The van der Waals surface area contributed by atoms with Gasteiger partial charge in [-0.2, -0.15) is 5.10 Å². The van der Waals surface area contributed by atoms with Crippen LogP contribution >= 0.6 is 0 Å². The van der Waals surface area contributed by atoms with Crippen molar-refractivity contribution < 1.29 is 4.79 Å². The van der Waals surface area contributed by atoms with Crippen molar-refractivity contribution in [3.05, 3.63) is 11.3 Å². The number of aromatic amines is 1. The van der Waals surface area contributed by atoms with Crippen LogP contribution in [0.25, 0.3) is 0 Å². The van der Waals surface area contributed by atoms with Gasteiger partial charge in [-0.25, -0.2) is 0 Å². The highest BCUT2D eigenvalue weighted by molar-refractivity contribution is 5.76. The predicted molar refractivity (Wildman–Crippen MR) is 52.3 cm³/mol. The molecule has 0 saturated carbocycles. The number of nitrogens with one attached hydrogen (secondary N) is 1. The van der Waals surface area contributed by atoms with Gasteiger partial charge in [0.1, 0.15) is 5.82 Å². The van der Waals surface area contributed by atoms with E-state index in [-0.39, 0.29) is 11.4 Å². The van der Waals surface area contributed by atoms with Crippen molar-refractivity contribution in [1.82, 2.24) is 15.1 Å². The highest BCUT2D eigenvalue weighted by atomic mass is 16.2. The van der Waals surface area contributed by atoms with Crippen LogP contribution in [-0.4, -0.2) is 21.0 Å². The Kier molecular flexibility index (Phi) is 1.61. The Bertz CT molecular complexity index is 394. The van der Waals surface area contributed by atoms with E-state index >= 15 is 0 Å². The topological polar surface area (TPSA) is 75.0 Å². The second kappa shape index (κ2) is 2.50. The number of aromatic nitrogens is 2. The highest BCUT2D eigenvalue weighted by Gasteiger charge is 2.42. The van der Waals surface area contributed by atoms with Crippen molar-refractivity contribution in [2.75, 3.05) is 5.73 Å². The predicted octanol–water partition coefficient (Wildman–Crippen LogP) is 0.589. The smallest absolute Gasteiger partial charge is 0.220 e. The van der Waals surface area contributed by atoms with Gasteiger partial charge in [-0.15, -0.1) is 0 Å². The van der Waals surface area contributed by atoms with E-state index < -0.39 is 0 Å². The third kappa shape index (κ3) is 0.950. The molecule has 1 aromatic rings. The number of nitrogen functional groups attached to an aromatic ring is 1. The first kappa shape index (κ1) is 9.05. The summed E-state index contributed by atoms with van der Waals surface area (Å²) >= 11 is 0. The van der Waals surface area contributed by atoms with E-state index in [2.05, 4.69) is 10.2 Å². The summed E-state index contributed by atoms with van der Waals surface area (Å²) in [6.45, 7) is 6.06. The molecule has 0 spiro atoms. The zero-order valence-electron chi connectivity index (χ0n) is 8.59. The molecule has 0 atom stereocenters. The molecule has 5 nitrogen and oxygen atoms in total. The molecule has 0 radical (unpaired) electrons. The molecule has 0 unspecified atom stereocenters. The number of fused-ring (bicyclic) bond motifs is 1. The summed E-state index contributed by atoms with van der Waals surface area (Å²) < 4.78 is 0. The Morgan fingerprint density at radius 1 is 1.64 bits per heavy atom. The zero-order valence-corrected chi connectivity index (χ0v) is 8.59. The fourth-order valence-corrected chi connectivity index (χ4v) is 2.03. The Hall–Kier alpha value is -1.52. The van der Waals surface area contributed by atoms with Crippen LogP contribution in [0, 0.1) is 0 Å². The molecule has 14 heavy (non-hydrogen) atoms. The van der Waals surface area contributed by atoms with Gasteiger partial charge >= 0.3 is 0 Å². The summed E-state index contributed by atoms with van der Waals surface area (Å²) in [5.74, 6) is 0.615. The molecule has 0 aliphatic carbocycles. The van der Waals surface area contributed by atoms with E-state index in [1.54, 1.807) is 11.8 Å². The zero-order chi connectivity index (χ0) is 10.5. The first-order valence-corrected chi connectivity index (χ1v) is 4.56. The van der Waals surface area contributed by atoms with Gasteiger partial charge in [-0.1, -0.05) is 0 Å². The minimum absolute atomic E-state index is 0.0485. The number of anilines is 1. The van der Waals surface area contributed by atoms with E-state index in [9.17, 15) is 4.79 Å². The number of carbonyl (C=O) groups excluding carboxylic acids is 1. The highest BCUT2D eigenvalue weighted by Crippen LogP contribution is 2.39. The maximum atomic E-state index is 11.4. The normalized spacial score (nSPS) is 18.4. The molecule has 0 saturated heterocycles. The Balaban J connectivity index is 2.50. The Morgan fingerprint density at radius 2 is 2.29 bits per heavy atom. The van der Waals surface area contributed by atoms with Crippen LogP contribution in [0.3, 0.4) is 0 Å². The standard InChI is InChI=1S/C9H14N4O/c1-5(14)13-4-6-7(9(13,2)3)11-12-8(6)10/h4H2,1-3H3,(H3,10,11,12). The van der Waals surface area contributed by atoms with Gasteiger partial charge < -0.3 is 10.6 Å². The molecule has 0 aromatic carbocycles. The van der Waals surface area contributed by atoms with E-state index in [1.165, 1.54) is 0 Å². The summed E-state index contributed by atoms with van der Waals surface area (Å²) in [5.41, 5.74) is 7.20. The van der Waals surface area contributed by atoms with Gasteiger partial charge in [0.2, 0.25) is 5.91 Å². The minimum Gasteiger partial charge on any atom is -0.384 e. The Labute approximate surface area is 82.3 Å². The van der Waals surface area contributed by atoms with Crippen LogP contribution in [0.2, 0.25) is 0 Å². The number of nitrogens with two attached hydrogens (primary N) is 1. The lowest BCUT2D eigenvalue weighted by molar-refractivity contribution is -0.134. The first-order chi connectivity index (χ1) is 6.44. The molecule has 0 bridgehead atoms. The quantitative estimate of drug-likeness (QED) is 0.634. The summed E-state index contributed by atoms with van der Waals surface area (Å²) in [4.78, 5) is 13.2. The lowest BCUT2D eigenvalue weighted by atomic mass is 10.0. The van der Waals surface area contributed by atoms with Gasteiger partial charge in [0, 0.05) is 12.5 Å². The molecule has 5 heteroatoms. The SMILES string of the molecule is CC(=O)N1Cc2c(n[nH]c2N)C1(C)C. The van der Waals surface area contributed by atoms with E-state index in [1.807, 2.05) is 13.8 Å². The van der Waals surface area contributed by atoms with Crippen molar-refractivity contribution in [3.63, 3.8) is 0 Å². The third-order valence-electron chi connectivity index (χ3n) is 2.85. The fraction of sp³-hybridized carbons (Fsp3) is 0.556. The van der Waals surface area contributed by atoms with Gasteiger partial charge in [-0.05, 0) is 13.8 Å². The second-order valence-electron chi connectivity index (χ2n) is 4.13. The number of hydrogen-bond acceptors (Lipinski definition) is 3. The largest absolute Gasteiger partial charge is 0.384 e. The van der Waals surface area contributed by atoms with Crippen LogP contribution in [0.4, 0.5) is 5.82 Å². The summed E-state index contributed by atoms with van der Waals surface area (Å²) in [6, 6.07) is 0. The van der Waals surface area contributed by atoms with E-state index in [0.717, 1.165) is 11.3 Å². The van der Waals surface area contributed by atoms with Crippen molar-refractivity contribution in [2.45, 2.75) is 32.9 Å². The molecule has 2 heterocycles. The van der Waals surface area contributed by atoms with Crippen molar-refractivity contribution in [3.8, 4) is 0 Å². The van der Waals surface area contributed by atoms with Gasteiger partial charge in [0.15, 0.2) is 0 Å². The monoisotopic (exact) mass is 194 g/mol. The first-order valence-electron chi connectivity index (χ1n) is 4.56. The van der Waals surface area contributed by atoms with Crippen molar-refractivity contribution in [1.29, 1.82) is 0 Å². The molecule has 1 amide bonds. The average Bonchev–Trinajstić information content (AvgIpc) is 2.53. The van der Waals surface area contributed by atoms with E-state index in [4.69, 9.17) is 5.73 Å². The molecular weight excluding hydrogens is 180 g/mol. The number of amides is 1. The Morgan fingerprint density at radius 3 is 2.79 bits per heavy atom. The number of H-pyrrole nitrogens is 1. The molecule has 0 fully saturated rings. The van der Waals surface area contributed by atoms with Crippen LogP contribution in [0.15, 0.2) is 0 Å². The maximum Gasteiger partial charge on any atom is 0.220 e. The van der Waals surface area contributed by atoms with Crippen LogP contribution in [0.1, 0.15) is 32.0 Å². The third-order valence-corrected chi connectivity index (χ3v) is 2.85. The van der Waals surface area contributed by atoms with Crippen LogP contribution < -0.4 is 5.73 Å².